The normalized spacial score (nSPS) is 21.4. The van der Waals surface area contributed by atoms with Crippen LogP contribution in [0.25, 0.3) is 0 Å². The maximum atomic E-state index is 5.81. The molecule has 0 rings (SSSR count). The van der Waals surface area contributed by atoms with Crippen LogP contribution in [0.4, 0.5) is 0 Å². The lowest BCUT2D eigenvalue weighted by Crippen LogP contribution is -2.65. The van der Waals surface area contributed by atoms with E-state index in [2.05, 4.69) is 10.6 Å². The summed E-state index contributed by atoms with van der Waals surface area (Å²) in [5.41, 5.74) is 11.1. The van der Waals surface area contributed by atoms with Gasteiger partial charge in [0.1, 0.15) is 5.79 Å². The summed E-state index contributed by atoms with van der Waals surface area (Å²) in [6.07, 6.45) is 0. The Hall–Kier alpha value is -0.0951. The van der Waals surface area contributed by atoms with Crippen LogP contribution in [0, 0.1) is 0 Å². The fourth-order valence-electron chi connectivity index (χ4n) is 0.867. The minimum Gasteiger partial charge on any atom is -0.318 e. The number of hydrogen-bond acceptors (Lipinski definition) is 4. The van der Waals surface area contributed by atoms with Crippen molar-refractivity contribution in [3.63, 3.8) is 0 Å². The van der Waals surface area contributed by atoms with Gasteiger partial charge in [-0.2, -0.15) is 0 Å². The molecule has 5 heteroatoms. The largest absolute Gasteiger partial charge is 0.318 e. The van der Waals surface area contributed by atoms with Crippen molar-refractivity contribution in [3.8, 4) is 0 Å². The highest BCUT2D eigenvalue weighted by atomic mass is 15.3. The third-order valence-electron chi connectivity index (χ3n) is 1.79. The zero-order valence-electron chi connectivity index (χ0n) is 8.09. The first kappa shape index (κ1) is 11.9. The maximum Gasteiger partial charge on any atom is 0.119 e. The lowest BCUT2D eigenvalue weighted by molar-refractivity contribution is 0.264. The average molecular weight is 170 g/mol. The molecule has 0 fully saturated rings. The molecular formula is C7H19BN4. The van der Waals surface area contributed by atoms with Crippen molar-refractivity contribution in [2.45, 2.75) is 38.4 Å². The quantitative estimate of drug-likeness (QED) is 0.318. The van der Waals surface area contributed by atoms with Crippen LogP contribution in [0.3, 0.4) is 0 Å². The van der Waals surface area contributed by atoms with Crippen LogP contribution in [0.1, 0.15) is 20.8 Å². The Balaban J connectivity index is 3.87. The van der Waals surface area contributed by atoms with Crippen LogP contribution in [-0.4, -0.2) is 26.3 Å². The lowest BCUT2D eigenvalue weighted by atomic mass is 9.83. The number of rotatable bonds is 5. The van der Waals surface area contributed by atoms with Gasteiger partial charge in [-0.15, -0.1) is 0 Å². The fraction of sp³-hybridized carbons (Fsp3) is 1.00. The SMILES string of the molecule is [B]C(C)[C@@H](C)NC(C)(N)NCN. The molecule has 0 aromatic heterocycles. The molecule has 3 atom stereocenters. The first-order valence-corrected chi connectivity index (χ1v) is 4.16. The van der Waals surface area contributed by atoms with E-state index >= 15 is 0 Å². The Morgan fingerprint density at radius 2 is 2.00 bits per heavy atom. The maximum absolute atomic E-state index is 5.81. The topological polar surface area (TPSA) is 76.1 Å². The Morgan fingerprint density at radius 3 is 2.33 bits per heavy atom. The molecule has 0 saturated carbocycles. The van der Waals surface area contributed by atoms with E-state index in [0.29, 0.717) is 6.67 Å². The predicted octanol–water partition coefficient (Wildman–Crippen LogP) is -0.920. The number of nitrogens with two attached hydrogens (primary N) is 2. The molecule has 0 heterocycles. The van der Waals surface area contributed by atoms with Crippen molar-refractivity contribution >= 4 is 7.85 Å². The molecule has 6 N–H and O–H groups in total. The van der Waals surface area contributed by atoms with Gasteiger partial charge >= 0.3 is 0 Å². The Labute approximate surface area is 75.9 Å². The summed E-state index contributed by atoms with van der Waals surface area (Å²) < 4.78 is 0. The van der Waals surface area contributed by atoms with Crippen LogP contribution in [0.15, 0.2) is 0 Å². The molecule has 0 aliphatic rings. The van der Waals surface area contributed by atoms with E-state index in [9.17, 15) is 0 Å². The predicted molar refractivity (Wildman–Crippen MR) is 52.6 cm³/mol. The molecule has 0 aliphatic carbocycles. The second kappa shape index (κ2) is 4.82. The smallest absolute Gasteiger partial charge is 0.119 e. The van der Waals surface area contributed by atoms with Gasteiger partial charge in [0.25, 0.3) is 0 Å². The van der Waals surface area contributed by atoms with Gasteiger partial charge in [0.2, 0.25) is 0 Å². The standard InChI is InChI=1S/C7H19BN4/c1-5(8)6(2)12-7(3,10)11-4-9/h5-6,11-12H,4,9-10H2,1-3H3/t5?,6-,7?/m1/s1. The Morgan fingerprint density at radius 1 is 1.50 bits per heavy atom. The minimum atomic E-state index is -0.651. The van der Waals surface area contributed by atoms with Crippen LogP contribution < -0.4 is 22.1 Å². The van der Waals surface area contributed by atoms with Crippen LogP contribution in [-0.2, 0) is 0 Å². The van der Waals surface area contributed by atoms with E-state index < -0.39 is 5.79 Å². The third-order valence-corrected chi connectivity index (χ3v) is 1.79. The summed E-state index contributed by atoms with van der Waals surface area (Å²) in [5.74, 6) is -0.589. The van der Waals surface area contributed by atoms with Gasteiger partial charge in [-0.1, -0.05) is 19.7 Å². The zero-order chi connectivity index (χ0) is 9.78. The van der Waals surface area contributed by atoms with Crippen molar-refractivity contribution in [2.75, 3.05) is 6.67 Å². The highest BCUT2D eigenvalue weighted by Crippen LogP contribution is 2.05. The van der Waals surface area contributed by atoms with E-state index in [4.69, 9.17) is 19.3 Å². The van der Waals surface area contributed by atoms with Gasteiger partial charge in [-0.05, 0) is 6.92 Å². The van der Waals surface area contributed by atoms with Crippen molar-refractivity contribution in [3.05, 3.63) is 0 Å². The molecule has 0 bridgehead atoms. The van der Waals surface area contributed by atoms with Crippen molar-refractivity contribution in [2.24, 2.45) is 11.5 Å². The molecule has 4 nitrogen and oxygen atoms in total. The van der Waals surface area contributed by atoms with Gasteiger partial charge in [0, 0.05) is 12.7 Å². The van der Waals surface area contributed by atoms with E-state index in [0.717, 1.165) is 0 Å². The highest BCUT2D eigenvalue weighted by Gasteiger charge is 2.19. The molecular weight excluding hydrogens is 151 g/mol. The van der Waals surface area contributed by atoms with Crippen LogP contribution >= 0.6 is 0 Å². The molecule has 0 saturated heterocycles. The monoisotopic (exact) mass is 170 g/mol. The van der Waals surface area contributed by atoms with E-state index in [1.54, 1.807) is 0 Å². The van der Waals surface area contributed by atoms with Gasteiger partial charge in [-0.25, -0.2) is 0 Å². The molecule has 2 unspecified atom stereocenters. The summed E-state index contributed by atoms with van der Waals surface area (Å²) in [5, 5.41) is 6.01. The molecule has 0 aromatic rings. The Bertz CT molecular complexity index is 127. The summed E-state index contributed by atoms with van der Waals surface area (Å²) in [6, 6.07) is 0.152. The molecule has 12 heavy (non-hydrogen) atoms. The number of hydrogen-bond donors (Lipinski definition) is 4. The van der Waals surface area contributed by atoms with Crippen molar-refractivity contribution in [1.29, 1.82) is 0 Å². The van der Waals surface area contributed by atoms with E-state index in [1.807, 2.05) is 20.8 Å². The minimum absolute atomic E-state index is 0.0625. The van der Waals surface area contributed by atoms with Gasteiger partial charge in [0.15, 0.2) is 0 Å². The van der Waals surface area contributed by atoms with E-state index in [-0.39, 0.29) is 11.9 Å². The molecule has 70 valence electrons. The Kier molecular flexibility index (Phi) is 4.78. The second-order valence-electron chi connectivity index (χ2n) is 3.38. The fourth-order valence-corrected chi connectivity index (χ4v) is 0.867. The molecule has 2 radical (unpaired) electrons. The van der Waals surface area contributed by atoms with Crippen molar-refractivity contribution in [1.82, 2.24) is 10.6 Å². The number of nitrogens with one attached hydrogen (secondary N) is 2. The average Bonchev–Trinajstić information content (AvgIpc) is 1.85. The summed E-state index contributed by atoms with van der Waals surface area (Å²) in [4.78, 5) is 0. The molecule has 0 aromatic carbocycles. The first-order valence-electron chi connectivity index (χ1n) is 4.16. The summed E-state index contributed by atoms with van der Waals surface area (Å²) in [7, 11) is 5.66. The van der Waals surface area contributed by atoms with Gasteiger partial charge < -0.3 is 11.5 Å². The molecule has 0 spiro atoms. The lowest BCUT2D eigenvalue weighted by Gasteiger charge is -2.32. The summed E-state index contributed by atoms with van der Waals surface area (Å²) in [6.45, 7) is 6.06. The first-order chi connectivity index (χ1) is 5.39. The zero-order valence-corrected chi connectivity index (χ0v) is 8.09. The van der Waals surface area contributed by atoms with Crippen LogP contribution in [0.2, 0.25) is 5.82 Å². The van der Waals surface area contributed by atoms with Crippen LogP contribution in [0.5, 0.6) is 0 Å². The highest BCUT2D eigenvalue weighted by molar-refractivity contribution is 6.11. The second-order valence-corrected chi connectivity index (χ2v) is 3.38. The summed E-state index contributed by atoms with van der Waals surface area (Å²) >= 11 is 0. The van der Waals surface area contributed by atoms with Gasteiger partial charge in [-0.3, -0.25) is 10.6 Å². The van der Waals surface area contributed by atoms with Crippen molar-refractivity contribution < 1.29 is 0 Å². The van der Waals surface area contributed by atoms with E-state index in [1.165, 1.54) is 0 Å². The molecule has 0 aliphatic heterocycles. The third kappa shape index (κ3) is 4.72. The van der Waals surface area contributed by atoms with Gasteiger partial charge in [0.05, 0.1) is 7.85 Å². The molecule has 0 amide bonds.